The van der Waals surface area contributed by atoms with Gasteiger partial charge in [0, 0.05) is 13.1 Å². The van der Waals surface area contributed by atoms with Gasteiger partial charge in [0.2, 0.25) is 15.2 Å². The van der Waals surface area contributed by atoms with Gasteiger partial charge in [0.15, 0.2) is 5.01 Å². The number of benzene rings is 1. The molecule has 0 aliphatic carbocycles. The monoisotopic (exact) mass is 424 g/mol. The van der Waals surface area contributed by atoms with E-state index < -0.39 is 27.4 Å². The Balaban J connectivity index is 2.33. The van der Waals surface area contributed by atoms with Gasteiger partial charge >= 0.3 is 0 Å². The summed E-state index contributed by atoms with van der Waals surface area (Å²) in [6, 6.07) is 3.40. The highest BCUT2D eigenvalue weighted by Gasteiger charge is 2.25. The Hall–Kier alpha value is -1.69. The first kappa shape index (κ1) is 20.6. The van der Waals surface area contributed by atoms with Gasteiger partial charge in [-0.25, -0.2) is 17.2 Å². The fourth-order valence-corrected chi connectivity index (χ4v) is 4.01. The number of aromatic nitrogens is 2. The summed E-state index contributed by atoms with van der Waals surface area (Å²) in [7, 11) is -2.40. The minimum atomic E-state index is -3.82. The predicted molar refractivity (Wildman–Crippen MR) is 94.4 cm³/mol. The van der Waals surface area contributed by atoms with Gasteiger partial charge in [0.05, 0.1) is 15.5 Å². The molecule has 1 N–H and O–H groups in total. The van der Waals surface area contributed by atoms with Gasteiger partial charge in [-0.2, -0.15) is 4.31 Å². The third-order valence-electron chi connectivity index (χ3n) is 3.43. The van der Waals surface area contributed by atoms with Crippen LogP contribution in [0.4, 0.5) is 13.9 Å². The van der Waals surface area contributed by atoms with Crippen LogP contribution in [0.5, 0.6) is 0 Å². The van der Waals surface area contributed by atoms with Crippen molar-refractivity contribution in [3.8, 4) is 0 Å². The minimum absolute atomic E-state index is 0.00671. The predicted octanol–water partition coefficient (Wildman–Crippen LogP) is 3.41. The number of rotatable bonds is 6. The van der Waals surface area contributed by atoms with Crippen LogP contribution in [0.25, 0.3) is 0 Å². The Morgan fingerprint density at radius 2 is 1.96 bits per heavy atom. The highest BCUT2D eigenvalue weighted by atomic mass is 35.5. The van der Waals surface area contributed by atoms with Gasteiger partial charge in [0.1, 0.15) is 0 Å². The average molecular weight is 425 g/mol. The van der Waals surface area contributed by atoms with Gasteiger partial charge in [-0.3, -0.25) is 10.1 Å². The minimum Gasteiger partial charge on any atom is -0.296 e. The van der Waals surface area contributed by atoms with Gasteiger partial charge < -0.3 is 0 Å². The molecule has 2 aromatic rings. The number of nitrogens with zero attached hydrogens (tertiary/aromatic N) is 3. The molecule has 0 saturated heterocycles. The molecule has 1 aromatic heterocycles. The van der Waals surface area contributed by atoms with Crippen LogP contribution in [0.1, 0.15) is 35.6 Å². The molecule has 1 heterocycles. The number of alkyl halides is 2. The average Bonchev–Trinajstić information content (AvgIpc) is 3.02. The normalized spacial score (nSPS) is 12.2. The third-order valence-corrected chi connectivity index (χ3v) is 6.64. The summed E-state index contributed by atoms with van der Waals surface area (Å²) in [6.45, 7) is 3.41. The van der Waals surface area contributed by atoms with Crippen LogP contribution in [-0.2, 0) is 10.0 Å². The van der Waals surface area contributed by atoms with Crippen molar-refractivity contribution in [2.24, 2.45) is 0 Å². The molecule has 1 amide bonds. The second kappa shape index (κ2) is 7.91. The Morgan fingerprint density at radius 1 is 1.31 bits per heavy atom. The van der Waals surface area contributed by atoms with E-state index in [1.54, 1.807) is 13.8 Å². The molecule has 0 fully saturated rings. The van der Waals surface area contributed by atoms with Gasteiger partial charge in [-0.05, 0) is 32.0 Å². The summed E-state index contributed by atoms with van der Waals surface area (Å²) in [5.41, 5.74) is -0.126. The zero-order valence-corrected chi connectivity index (χ0v) is 16.3. The lowest BCUT2D eigenvalue weighted by molar-refractivity contribution is 0.102. The number of sulfonamides is 1. The van der Waals surface area contributed by atoms with Crippen LogP contribution >= 0.6 is 22.9 Å². The van der Waals surface area contributed by atoms with E-state index in [4.69, 9.17) is 11.6 Å². The van der Waals surface area contributed by atoms with Crippen LogP contribution in [0.2, 0.25) is 5.02 Å². The molecule has 142 valence electrons. The van der Waals surface area contributed by atoms with Crippen molar-refractivity contribution in [1.29, 1.82) is 0 Å². The summed E-state index contributed by atoms with van der Waals surface area (Å²) in [4.78, 5) is 12.2. The standard InChI is InChI=1S/C14H15ClF2N4O3S2/c1-7(2)21(3)26(23,24)8-4-5-10(15)9(6-8)12(22)18-14-20-19-13(25-14)11(16)17/h4-7,11H,1-3H3,(H,18,20,22). The number of carbonyl (C=O) groups is 1. The second-order valence-corrected chi connectivity index (χ2v) is 8.87. The quantitative estimate of drug-likeness (QED) is 0.767. The molecule has 0 aliphatic heterocycles. The number of amides is 1. The van der Waals surface area contributed by atoms with Crippen LogP contribution in [0.15, 0.2) is 23.1 Å². The van der Waals surface area contributed by atoms with E-state index in [1.165, 1.54) is 19.2 Å². The summed E-state index contributed by atoms with van der Waals surface area (Å²) in [6.07, 6.45) is -2.80. The first-order chi connectivity index (χ1) is 12.0. The molecule has 0 unspecified atom stereocenters. The number of hydrogen-bond donors (Lipinski definition) is 1. The molecule has 0 bridgehead atoms. The lowest BCUT2D eigenvalue weighted by Gasteiger charge is -2.21. The Morgan fingerprint density at radius 3 is 2.50 bits per heavy atom. The number of anilines is 1. The van der Waals surface area contributed by atoms with Crippen molar-refractivity contribution in [3.05, 3.63) is 33.8 Å². The third kappa shape index (κ3) is 4.34. The molecule has 1 aromatic carbocycles. The lowest BCUT2D eigenvalue weighted by atomic mass is 10.2. The van der Waals surface area contributed by atoms with Crippen molar-refractivity contribution in [3.63, 3.8) is 0 Å². The molecule has 0 aliphatic rings. The van der Waals surface area contributed by atoms with Crippen LogP contribution < -0.4 is 5.32 Å². The fourth-order valence-electron chi connectivity index (χ4n) is 1.82. The highest BCUT2D eigenvalue weighted by molar-refractivity contribution is 7.89. The maximum absolute atomic E-state index is 12.5. The topological polar surface area (TPSA) is 92.3 Å². The summed E-state index contributed by atoms with van der Waals surface area (Å²) < 4.78 is 51.3. The van der Waals surface area contributed by atoms with E-state index >= 15 is 0 Å². The van der Waals surface area contributed by atoms with E-state index in [0.717, 1.165) is 10.4 Å². The first-order valence-electron chi connectivity index (χ1n) is 7.24. The number of hydrogen-bond acceptors (Lipinski definition) is 6. The molecular formula is C14H15ClF2N4O3S2. The van der Waals surface area contributed by atoms with Crippen molar-refractivity contribution in [1.82, 2.24) is 14.5 Å². The zero-order valence-electron chi connectivity index (χ0n) is 13.9. The van der Waals surface area contributed by atoms with Gasteiger partial charge in [0.25, 0.3) is 12.3 Å². The molecule has 26 heavy (non-hydrogen) atoms. The van der Waals surface area contributed by atoms with Crippen molar-refractivity contribution >= 4 is 44.0 Å². The van der Waals surface area contributed by atoms with Crippen LogP contribution in [-0.4, -0.2) is 41.9 Å². The van der Waals surface area contributed by atoms with E-state index in [1.807, 2.05) is 0 Å². The number of carbonyl (C=O) groups excluding carboxylic acids is 1. The zero-order chi connectivity index (χ0) is 19.6. The molecule has 0 radical (unpaired) electrons. The van der Waals surface area contributed by atoms with Crippen molar-refractivity contribution in [2.45, 2.75) is 31.2 Å². The summed E-state index contributed by atoms with van der Waals surface area (Å²) in [5.74, 6) is -0.781. The highest BCUT2D eigenvalue weighted by Crippen LogP contribution is 2.27. The molecule has 7 nitrogen and oxygen atoms in total. The van der Waals surface area contributed by atoms with Crippen molar-refractivity contribution in [2.75, 3.05) is 12.4 Å². The van der Waals surface area contributed by atoms with Gasteiger partial charge in [-0.1, -0.05) is 22.9 Å². The van der Waals surface area contributed by atoms with E-state index in [0.29, 0.717) is 11.3 Å². The fraction of sp³-hybridized carbons (Fsp3) is 0.357. The molecular weight excluding hydrogens is 410 g/mol. The Labute approximate surface area is 158 Å². The molecule has 0 saturated carbocycles. The Kier molecular flexibility index (Phi) is 6.27. The van der Waals surface area contributed by atoms with E-state index in [-0.39, 0.29) is 26.7 Å². The summed E-state index contributed by atoms with van der Waals surface area (Å²) >= 11 is 6.50. The number of nitrogens with one attached hydrogen (secondary N) is 1. The van der Waals surface area contributed by atoms with E-state index in [9.17, 15) is 22.0 Å². The smallest absolute Gasteiger partial charge is 0.291 e. The largest absolute Gasteiger partial charge is 0.296 e. The van der Waals surface area contributed by atoms with Gasteiger partial charge in [-0.15, -0.1) is 10.2 Å². The van der Waals surface area contributed by atoms with Crippen molar-refractivity contribution < 1.29 is 22.0 Å². The lowest BCUT2D eigenvalue weighted by Crippen LogP contribution is -2.33. The van der Waals surface area contributed by atoms with Crippen LogP contribution in [0.3, 0.4) is 0 Å². The molecule has 0 spiro atoms. The SMILES string of the molecule is CC(C)N(C)S(=O)(=O)c1ccc(Cl)c(C(=O)Nc2nnc(C(F)F)s2)c1. The van der Waals surface area contributed by atoms with Crippen LogP contribution in [0, 0.1) is 0 Å². The maximum atomic E-state index is 12.5. The Bertz CT molecular complexity index is 919. The van der Waals surface area contributed by atoms with E-state index in [2.05, 4.69) is 15.5 Å². The molecule has 2 rings (SSSR count). The number of halogens is 3. The second-order valence-electron chi connectivity index (χ2n) is 5.46. The first-order valence-corrected chi connectivity index (χ1v) is 9.88. The summed E-state index contributed by atoms with van der Waals surface area (Å²) in [5, 5.41) is 8.30. The maximum Gasteiger partial charge on any atom is 0.291 e. The molecule has 0 atom stereocenters. The molecule has 12 heteroatoms.